The maximum absolute atomic E-state index is 13.3. The number of rotatable bonds is 4. The van der Waals surface area contributed by atoms with Crippen LogP contribution in [-0.2, 0) is 6.61 Å². The maximum Gasteiger partial charge on any atom is 0.235 e. The van der Waals surface area contributed by atoms with Crippen molar-refractivity contribution in [3.8, 4) is 17.1 Å². The Bertz CT molecular complexity index is 1310. The molecule has 0 N–H and O–H groups in total. The van der Waals surface area contributed by atoms with E-state index in [0.29, 0.717) is 31.8 Å². The summed E-state index contributed by atoms with van der Waals surface area (Å²) in [5.74, 6) is 0.492. The minimum Gasteiger partial charge on any atom is -0.481 e. The van der Waals surface area contributed by atoms with Gasteiger partial charge < -0.3 is 9.15 Å². The summed E-state index contributed by atoms with van der Waals surface area (Å²) in [7, 11) is 0. The van der Waals surface area contributed by atoms with E-state index in [1.807, 2.05) is 38.1 Å². The third kappa shape index (κ3) is 4.06. The predicted octanol–water partition coefficient (Wildman–Crippen LogP) is 7.62. The van der Waals surface area contributed by atoms with Gasteiger partial charge in [-0.15, -0.1) is 0 Å². The summed E-state index contributed by atoms with van der Waals surface area (Å²) in [5, 5.41) is 1.74. The van der Waals surface area contributed by atoms with Gasteiger partial charge in [-0.05, 0) is 49.2 Å². The van der Waals surface area contributed by atoms with E-state index in [4.69, 9.17) is 44.0 Å². The van der Waals surface area contributed by atoms with Crippen LogP contribution < -0.4 is 10.2 Å². The summed E-state index contributed by atoms with van der Waals surface area (Å²) in [4.78, 5) is 13.3. The first kappa shape index (κ1) is 20.8. The summed E-state index contributed by atoms with van der Waals surface area (Å²) in [6.07, 6.45) is 0. The van der Waals surface area contributed by atoms with E-state index in [9.17, 15) is 4.79 Å². The summed E-state index contributed by atoms with van der Waals surface area (Å²) in [6.45, 7) is 3.99. The second kappa shape index (κ2) is 8.35. The molecule has 1 heterocycles. The smallest absolute Gasteiger partial charge is 0.235 e. The minimum absolute atomic E-state index is 0.123. The third-order valence-electron chi connectivity index (χ3n) is 4.81. The van der Waals surface area contributed by atoms with E-state index >= 15 is 0 Å². The molecule has 0 fully saturated rings. The molecular formula is C24H17Cl3O3. The van der Waals surface area contributed by atoms with Crippen molar-refractivity contribution in [3.05, 3.63) is 96.6 Å². The summed E-state index contributed by atoms with van der Waals surface area (Å²) < 4.78 is 12.1. The SMILES string of the molecule is Cc1ccc(-c2oc3cc(C)c(Cl)cc3c(=O)c2OCc2ccc(Cl)c(Cl)c2)cc1. The average Bonchev–Trinajstić information content (AvgIpc) is 2.72. The molecule has 6 heteroatoms. The fourth-order valence-electron chi connectivity index (χ4n) is 3.11. The number of hydrogen-bond acceptors (Lipinski definition) is 3. The molecule has 4 rings (SSSR count). The molecule has 0 saturated carbocycles. The van der Waals surface area contributed by atoms with Crippen LogP contribution in [0.3, 0.4) is 0 Å². The Morgan fingerprint density at radius 2 is 1.60 bits per heavy atom. The average molecular weight is 460 g/mol. The van der Waals surface area contributed by atoms with Crippen LogP contribution in [0.15, 0.2) is 63.8 Å². The monoisotopic (exact) mass is 458 g/mol. The van der Waals surface area contributed by atoms with Crippen molar-refractivity contribution in [3.63, 3.8) is 0 Å². The van der Waals surface area contributed by atoms with Crippen LogP contribution in [-0.4, -0.2) is 0 Å². The third-order valence-corrected chi connectivity index (χ3v) is 5.96. The van der Waals surface area contributed by atoms with Crippen LogP contribution in [0.5, 0.6) is 5.75 Å². The van der Waals surface area contributed by atoms with Gasteiger partial charge in [-0.3, -0.25) is 4.79 Å². The molecule has 152 valence electrons. The first-order valence-electron chi connectivity index (χ1n) is 9.24. The number of ether oxygens (including phenoxy) is 1. The zero-order valence-corrected chi connectivity index (χ0v) is 18.5. The summed E-state index contributed by atoms with van der Waals surface area (Å²) in [5.41, 5.74) is 3.62. The lowest BCUT2D eigenvalue weighted by atomic mass is 10.1. The molecular weight excluding hydrogens is 443 g/mol. The van der Waals surface area contributed by atoms with Gasteiger partial charge >= 0.3 is 0 Å². The molecule has 0 aliphatic heterocycles. The number of aryl methyl sites for hydroxylation is 2. The van der Waals surface area contributed by atoms with Gasteiger partial charge in [0.25, 0.3) is 0 Å². The topological polar surface area (TPSA) is 39.4 Å². The van der Waals surface area contributed by atoms with E-state index < -0.39 is 0 Å². The van der Waals surface area contributed by atoms with Gasteiger partial charge in [0, 0.05) is 10.6 Å². The van der Waals surface area contributed by atoms with Crippen LogP contribution in [0.2, 0.25) is 15.1 Å². The molecule has 0 radical (unpaired) electrons. The fourth-order valence-corrected chi connectivity index (χ4v) is 3.59. The summed E-state index contributed by atoms with van der Waals surface area (Å²) in [6, 6.07) is 16.3. The number of fused-ring (bicyclic) bond motifs is 1. The van der Waals surface area contributed by atoms with Gasteiger partial charge in [-0.25, -0.2) is 0 Å². The number of benzene rings is 3. The Kier molecular flexibility index (Phi) is 5.79. The van der Waals surface area contributed by atoms with Crippen molar-refractivity contribution < 1.29 is 9.15 Å². The van der Waals surface area contributed by atoms with Crippen molar-refractivity contribution in [1.82, 2.24) is 0 Å². The van der Waals surface area contributed by atoms with E-state index in [2.05, 4.69) is 0 Å². The largest absolute Gasteiger partial charge is 0.481 e. The lowest BCUT2D eigenvalue weighted by molar-refractivity contribution is 0.298. The maximum atomic E-state index is 13.3. The first-order valence-corrected chi connectivity index (χ1v) is 10.4. The Morgan fingerprint density at radius 3 is 2.30 bits per heavy atom. The molecule has 3 aromatic carbocycles. The molecule has 30 heavy (non-hydrogen) atoms. The lowest BCUT2D eigenvalue weighted by Crippen LogP contribution is -2.10. The van der Waals surface area contributed by atoms with Crippen molar-refractivity contribution in [2.45, 2.75) is 20.5 Å². The highest BCUT2D eigenvalue weighted by atomic mass is 35.5. The van der Waals surface area contributed by atoms with Crippen LogP contribution in [0.1, 0.15) is 16.7 Å². The molecule has 1 aromatic heterocycles. The zero-order chi connectivity index (χ0) is 21.4. The Balaban J connectivity index is 1.86. The van der Waals surface area contributed by atoms with Crippen molar-refractivity contribution >= 4 is 45.8 Å². The first-order chi connectivity index (χ1) is 14.3. The zero-order valence-electron chi connectivity index (χ0n) is 16.3. The number of halogens is 3. The van der Waals surface area contributed by atoms with E-state index in [1.165, 1.54) is 0 Å². The molecule has 0 atom stereocenters. The molecule has 0 unspecified atom stereocenters. The Hall–Kier alpha value is -2.46. The van der Waals surface area contributed by atoms with Crippen LogP contribution in [0.4, 0.5) is 0 Å². The van der Waals surface area contributed by atoms with Crippen LogP contribution in [0.25, 0.3) is 22.3 Å². The summed E-state index contributed by atoms with van der Waals surface area (Å²) >= 11 is 18.3. The molecule has 0 amide bonds. The second-order valence-electron chi connectivity index (χ2n) is 7.09. The van der Waals surface area contributed by atoms with Crippen molar-refractivity contribution in [1.29, 1.82) is 0 Å². The van der Waals surface area contributed by atoms with Crippen LogP contribution >= 0.6 is 34.8 Å². The Morgan fingerprint density at radius 1 is 0.867 bits per heavy atom. The standard InChI is InChI=1S/C24H17Cl3O3/c1-13-3-6-16(7-4-13)23-24(29-12-15-5-8-18(25)20(27)10-15)22(28)17-11-19(26)14(2)9-21(17)30-23/h3-11H,12H2,1-2H3. The van der Waals surface area contributed by atoms with Gasteiger partial charge in [0.05, 0.1) is 15.4 Å². The molecule has 0 aliphatic carbocycles. The molecule has 0 spiro atoms. The quantitative estimate of drug-likeness (QED) is 0.315. The lowest BCUT2D eigenvalue weighted by Gasteiger charge is -2.13. The molecule has 3 nitrogen and oxygen atoms in total. The van der Waals surface area contributed by atoms with Gasteiger partial charge in [-0.2, -0.15) is 0 Å². The van der Waals surface area contributed by atoms with Gasteiger partial charge in [0.15, 0.2) is 5.76 Å². The minimum atomic E-state index is -0.284. The van der Waals surface area contributed by atoms with E-state index in [-0.39, 0.29) is 17.8 Å². The Labute approximate surface area is 188 Å². The van der Waals surface area contributed by atoms with Crippen LogP contribution in [0, 0.1) is 13.8 Å². The molecule has 0 saturated heterocycles. The highest BCUT2D eigenvalue weighted by Gasteiger charge is 2.19. The fraction of sp³-hybridized carbons (Fsp3) is 0.125. The highest BCUT2D eigenvalue weighted by Crippen LogP contribution is 2.33. The normalized spacial score (nSPS) is 11.1. The molecule has 0 bridgehead atoms. The van der Waals surface area contributed by atoms with Gasteiger partial charge in [0.2, 0.25) is 11.2 Å². The predicted molar refractivity (Wildman–Crippen MR) is 123 cm³/mol. The molecule has 0 aliphatic rings. The van der Waals surface area contributed by atoms with Gasteiger partial charge in [0.1, 0.15) is 12.2 Å². The van der Waals surface area contributed by atoms with E-state index in [1.54, 1.807) is 30.3 Å². The van der Waals surface area contributed by atoms with Crippen molar-refractivity contribution in [2.75, 3.05) is 0 Å². The highest BCUT2D eigenvalue weighted by molar-refractivity contribution is 6.42. The van der Waals surface area contributed by atoms with Crippen molar-refractivity contribution in [2.24, 2.45) is 0 Å². The van der Waals surface area contributed by atoms with Gasteiger partial charge in [-0.1, -0.05) is 70.7 Å². The van der Waals surface area contributed by atoms with E-state index in [0.717, 1.165) is 22.3 Å². The second-order valence-corrected chi connectivity index (χ2v) is 8.31. The number of hydrogen-bond donors (Lipinski definition) is 0. The molecule has 4 aromatic rings.